The fourth-order valence-corrected chi connectivity index (χ4v) is 4.23. The summed E-state index contributed by atoms with van der Waals surface area (Å²) < 4.78 is 10.3. The third-order valence-electron chi connectivity index (χ3n) is 2.61. The van der Waals surface area contributed by atoms with Crippen LogP contribution in [0.2, 0.25) is 0 Å². The summed E-state index contributed by atoms with van der Waals surface area (Å²) in [6, 6.07) is 4.01. The number of nitrogens with zero attached hydrogens (tertiary/aromatic N) is 3. The Bertz CT molecular complexity index is 755. The SMILES string of the molecule is CCOC(=O)CSc1ncnc2c(-c3cccs3)nsc12. The van der Waals surface area contributed by atoms with Gasteiger partial charge >= 0.3 is 5.97 Å². The quantitative estimate of drug-likeness (QED) is 0.403. The first-order chi connectivity index (χ1) is 10.3. The van der Waals surface area contributed by atoms with Crippen molar-refractivity contribution < 1.29 is 9.53 Å². The molecule has 3 aromatic rings. The van der Waals surface area contributed by atoms with Crippen LogP contribution in [-0.4, -0.2) is 32.7 Å². The number of hydrogen-bond donors (Lipinski definition) is 0. The van der Waals surface area contributed by atoms with Crippen LogP contribution in [0.4, 0.5) is 0 Å². The van der Waals surface area contributed by atoms with Crippen LogP contribution >= 0.6 is 34.6 Å². The summed E-state index contributed by atoms with van der Waals surface area (Å²) in [7, 11) is 0. The highest BCUT2D eigenvalue weighted by Gasteiger charge is 2.15. The smallest absolute Gasteiger partial charge is 0.316 e. The average molecular weight is 337 g/mol. The summed E-state index contributed by atoms with van der Waals surface area (Å²) in [6.45, 7) is 2.18. The number of esters is 1. The van der Waals surface area contributed by atoms with Gasteiger partial charge in [-0.15, -0.1) is 11.3 Å². The van der Waals surface area contributed by atoms with E-state index in [4.69, 9.17) is 4.74 Å². The lowest BCUT2D eigenvalue weighted by atomic mass is 10.3. The second-order valence-corrected chi connectivity index (χ2v) is 6.64. The van der Waals surface area contributed by atoms with Gasteiger partial charge in [-0.1, -0.05) is 17.8 Å². The van der Waals surface area contributed by atoms with E-state index in [1.54, 1.807) is 18.3 Å². The maximum absolute atomic E-state index is 11.4. The molecule has 0 saturated carbocycles. The van der Waals surface area contributed by atoms with Crippen molar-refractivity contribution in [3.05, 3.63) is 23.8 Å². The van der Waals surface area contributed by atoms with E-state index in [1.807, 2.05) is 17.5 Å². The summed E-state index contributed by atoms with van der Waals surface area (Å²) in [4.78, 5) is 21.1. The van der Waals surface area contributed by atoms with Gasteiger partial charge in [-0.3, -0.25) is 4.79 Å². The monoisotopic (exact) mass is 337 g/mol. The first-order valence-electron chi connectivity index (χ1n) is 6.22. The van der Waals surface area contributed by atoms with E-state index in [2.05, 4.69) is 14.3 Å². The van der Waals surface area contributed by atoms with E-state index in [0.717, 1.165) is 25.8 Å². The maximum Gasteiger partial charge on any atom is 0.316 e. The Morgan fingerprint density at radius 3 is 3.10 bits per heavy atom. The predicted molar refractivity (Wildman–Crippen MR) is 85.9 cm³/mol. The normalized spacial score (nSPS) is 10.9. The first kappa shape index (κ1) is 14.4. The van der Waals surface area contributed by atoms with Crippen molar-refractivity contribution in [2.24, 2.45) is 0 Å². The standard InChI is InChI=1S/C13H11N3O2S3/c1-2-18-9(17)6-20-13-12-11(14-7-15-13)10(16-21-12)8-4-3-5-19-8/h3-5,7H,2,6H2,1H3. The number of ether oxygens (including phenoxy) is 1. The van der Waals surface area contributed by atoms with Crippen molar-refractivity contribution in [2.45, 2.75) is 11.9 Å². The molecule has 21 heavy (non-hydrogen) atoms. The fraction of sp³-hybridized carbons (Fsp3) is 0.231. The van der Waals surface area contributed by atoms with Gasteiger partial charge in [0.2, 0.25) is 0 Å². The highest BCUT2D eigenvalue weighted by Crippen LogP contribution is 2.35. The number of carbonyl (C=O) groups excluding carboxylic acids is 1. The zero-order valence-corrected chi connectivity index (χ0v) is 13.6. The largest absolute Gasteiger partial charge is 0.465 e. The second-order valence-electron chi connectivity index (χ2n) is 3.96. The molecular formula is C13H11N3O2S3. The van der Waals surface area contributed by atoms with E-state index < -0.39 is 0 Å². The topological polar surface area (TPSA) is 65.0 Å². The average Bonchev–Trinajstić information content (AvgIpc) is 3.14. The highest BCUT2D eigenvalue weighted by molar-refractivity contribution is 8.00. The van der Waals surface area contributed by atoms with Crippen LogP contribution in [0.5, 0.6) is 0 Å². The van der Waals surface area contributed by atoms with E-state index in [-0.39, 0.29) is 11.7 Å². The molecule has 0 aliphatic carbocycles. The number of thioether (sulfide) groups is 1. The summed E-state index contributed by atoms with van der Waals surface area (Å²) in [5.74, 6) is 0.00360. The fourth-order valence-electron chi connectivity index (χ4n) is 1.75. The van der Waals surface area contributed by atoms with Crippen LogP contribution in [-0.2, 0) is 9.53 Å². The Morgan fingerprint density at radius 1 is 1.43 bits per heavy atom. The van der Waals surface area contributed by atoms with Gasteiger partial charge in [-0.05, 0) is 29.9 Å². The van der Waals surface area contributed by atoms with Gasteiger partial charge in [0, 0.05) is 0 Å². The lowest BCUT2D eigenvalue weighted by Gasteiger charge is -2.01. The number of fused-ring (bicyclic) bond motifs is 1. The highest BCUT2D eigenvalue weighted by atomic mass is 32.2. The number of rotatable bonds is 5. The van der Waals surface area contributed by atoms with E-state index in [9.17, 15) is 4.79 Å². The van der Waals surface area contributed by atoms with Crippen LogP contribution in [0.3, 0.4) is 0 Å². The molecule has 0 fully saturated rings. The number of hydrogen-bond acceptors (Lipinski definition) is 8. The minimum Gasteiger partial charge on any atom is -0.465 e. The molecule has 0 radical (unpaired) electrons. The Balaban J connectivity index is 1.89. The van der Waals surface area contributed by atoms with Crippen molar-refractivity contribution in [3.63, 3.8) is 0 Å². The molecule has 0 saturated heterocycles. The molecular weight excluding hydrogens is 326 g/mol. The molecule has 3 aromatic heterocycles. The molecule has 108 valence electrons. The van der Waals surface area contributed by atoms with Crippen molar-refractivity contribution in [1.29, 1.82) is 0 Å². The summed E-state index contributed by atoms with van der Waals surface area (Å²) in [6.07, 6.45) is 1.52. The first-order valence-corrected chi connectivity index (χ1v) is 8.86. The molecule has 0 unspecified atom stereocenters. The molecule has 0 aromatic carbocycles. The summed E-state index contributed by atoms with van der Waals surface area (Å²) in [5.41, 5.74) is 1.72. The molecule has 3 rings (SSSR count). The minimum absolute atomic E-state index is 0.239. The number of carbonyl (C=O) groups is 1. The van der Waals surface area contributed by atoms with Gasteiger partial charge in [0.15, 0.2) is 0 Å². The Morgan fingerprint density at radius 2 is 2.33 bits per heavy atom. The zero-order chi connectivity index (χ0) is 14.7. The van der Waals surface area contributed by atoms with Crippen LogP contribution in [0.25, 0.3) is 20.8 Å². The third-order valence-corrected chi connectivity index (χ3v) is 5.42. The number of thiophene rings is 1. The van der Waals surface area contributed by atoms with Crippen molar-refractivity contribution in [3.8, 4) is 10.6 Å². The van der Waals surface area contributed by atoms with Gasteiger partial charge in [0.25, 0.3) is 0 Å². The molecule has 5 nitrogen and oxygen atoms in total. The Labute approximate surface area is 133 Å². The number of aromatic nitrogens is 3. The molecule has 0 atom stereocenters. The molecule has 8 heteroatoms. The van der Waals surface area contributed by atoms with Crippen LogP contribution in [0.15, 0.2) is 28.9 Å². The van der Waals surface area contributed by atoms with Gasteiger partial charge in [0.05, 0.1) is 17.2 Å². The van der Waals surface area contributed by atoms with Crippen molar-refractivity contribution in [1.82, 2.24) is 14.3 Å². The predicted octanol–water partition coefficient (Wildman–Crippen LogP) is 3.47. The van der Waals surface area contributed by atoms with Crippen LogP contribution < -0.4 is 0 Å². The summed E-state index contributed by atoms with van der Waals surface area (Å²) in [5, 5.41) is 2.78. The van der Waals surface area contributed by atoms with Crippen molar-refractivity contribution in [2.75, 3.05) is 12.4 Å². The zero-order valence-electron chi connectivity index (χ0n) is 11.1. The minimum atomic E-state index is -0.239. The molecule has 0 N–H and O–H groups in total. The van der Waals surface area contributed by atoms with Crippen LogP contribution in [0, 0.1) is 0 Å². The third kappa shape index (κ3) is 3.07. The second kappa shape index (κ2) is 6.50. The Hall–Kier alpha value is -1.51. The molecule has 0 aliphatic rings. The molecule has 0 bridgehead atoms. The lowest BCUT2D eigenvalue weighted by molar-refractivity contribution is -0.139. The lowest BCUT2D eigenvalue weighted by Crippen LogP contribution is -2.06. The molecule has 0 spiro atoms. The van der Waals surface area contributed by atoms with Gasteiger partial charge in [-0.2, -0.15) is 4.37 Å². The molecule has 0 aliphatic heterocycles. The van der Waals surface area contributed by atoms with Gasteiger partial charge in [0.1, 0.15) is 27.3 Å². The van der Waals surface area contributed by atoms with Crippen molar-refractivity contribution >= 4 is 50.8 Å². The van der Waals surface area contributed by atoms with Gasteiger partial charge < -0.3 is 4.74 Å². The van der Waals surface area contributed by atoms with Crippen LogP contribution in [0.1, 0.15) is 6.92 Å². The van der Waals surface area contributed by atoms with Gasteiger partial charge in [-0.25, -0.2) is 9.97 Å². The van der Waals surface area contributed by atoms with E-state index in [0.29, 0.717) is 6.61 Å². The molecule has 0 amide bonds. The van der Waals surface area contributed by atoms with E-state index >= 15 is 0 Å². The maximum atomic E-state index is 11.4. The Kier molecular flexibility index (Phi) is 4.47. The van der Waals surface area contributed by atoms with E-state index in [1.165, 1.54) is 29.6 Å². The molecule has 3 heterocycles. The summed E-state index contributed by atoms with van der Waals surface area (Å²) >= 11 is 4.35.